The third kappa shape index (κ3) is 3.64. The van der Waals surface area contributed by atoms with Gasteiger partial charge in [-0.05, 0) is 12.1 Å². The second-order valence-corrected chi connectivity index (χ2v) is 4.15. The average molecular weight is 336 g/mol. The van der Waals surface area contributed by atoms with Crippen LogP contribution in [0.3, 0.4) is 0 Å². The molecule has 0 aliphatic carbocycles. The van der Waals surface area contributed by atoms with Crippen LogP contribution < -0.4 is 33.0 Å². The van der Waals surface area contributed by atoms with Gasteiger partial charge in [0.05, 0.1) is 0 Å². The Morgan fingerprint density at radius 2 is 1.70 bits per heavy atom. The number of primary amides is 2. The standard InChI is InChI=1S/C14H13N3O2.BrH/c15-13(18)11-5-3-7-17(9-11)8-10-4-1-2-6-12(10)14(16)19;/h1-7,9H,8H2,(H3-,15,16,18,19);1H. The third-order valence-electron chi connectivity index (χ3n) is 2.78. The van der Waals surface area contributed by atoms with Crippen LogP contribution in [0.15, 0.2) is 48.8 Å². The van der Waals surface area contributed by atoms with Gasteiger partial charge < -0.3 is 28.4 Å². The molecular weight excluding hydrogens is 322 g/mol. The molecule has 0 saturated heterocycles. The van der Waals surface area contributed by atoms with Crippen molar-refractivity contribution < 1.29 is 31.1 Å². The van der Waals surface area contributed by atoms with Gasteiger partial charge in [0.2, 0.25) is 5.91 Å². The van der Waals surface area contributed by atoms with E-state index in [0.29, 0.717) is 17.7 Å². The van der Waals surface area contributed by atoms with Gasteiger partial charge in [-0.25, -0.2) is 0 Å². The minimum atomic E-state index is -0.488. The van der Waals surface area contributed by atoms with Crippen molar-refractivity contribution in [2.24, 2.45) is 11.5 Å². The van der Waals surface area contributed by atoms with E-state index in [1.165, 1.54) is 0 Å². The van der Waals surface area contributed by atoms with Crippen molar-refractivity contribution in [3.63, 3.8) is 0 Å². The van der Waals surface area contributed by atoms with E-state index in [9.17, 15) is 9.59 Å². The summed E-state index contributed by atoms with van der Waals surface area (Å²) in [6.07, 6.45) is 3.43. The molecule has 0 aliphatic heterocycles. The summed E-state index contributed by atoms with van der Waals surface area (Å²) in [6, 6.07) is 10.5. The highest BCUT2D eigenvalue weighted by Crippen LogP contribution is 2.07. The van der Waals surface area contributed by atoms with E-state index < -0.39 is 11.8 Å². The minimum Gasteiger partial charge on any atom is -1.00 e. The number of hydrogen-bond donors (Lipinski definition) is 2. The zero-order valence-corrected chi connectivity index (χ0v) is 12.2. The Kier molecular flexibility index (Phi) is 5.40. The summed E-state index contributed by atoms with van der Waals surface area (Å²) in [5.41, 5.74) is 12.2. The van der Waals surface area contributed by atoms with Crippen LogP contribution in [0.2, 0.25) is 0 Å². The normalized spacial score (nSPS) is 9.60. The first-order valence-corrected chi connectivity index (χ1v) is 5.74. The molecule has 0 aliphatic rings. The van der Waals surface area contributed by atoms with Gasteiger partial charge in [-0.3, -0.25) is 9.59 Å². The Morgan fingerprint density at radius 1 is 1.00 bits per heavy atom. The van der Waals surface area contributed by atoms with Crippen LogP contribution in [0.1, 0.15) is 26.3 Å². The monoisotopic (exact) mass is 335 g/mol. The molecule has 1 aromatic carbocycles. The number of carbonyl (C=O) groups is 2. The van der Waals surface area contributed by atoms with Gasteiger partial charge in [-0.15, -0.1) is 0 Å². The van der Waals surface area contributed by atoms with E-state index in [2.05, 4.69) is 0 Å². The quantitative estimate of drug-likeness (QED) is 0.592. The van der Waals surface area contributed by atoms with E-state index in [0.717, 1.165) is 5.56 Å². The molecule has 2 amide bonds. The van der Waals surface area contributed by atoms with E-state index >= 15 is 0 Å². The van der Waals surface area contributed by atoms with Crippen molar-refractivity contribution >= 4 is 11.8 Å². The Bertz CT molecular complexity index is 644. The van der Waals surface area contributed by atoms with Gasteiger partial charge in [0, 0.05) is 17.2 Å². The van der Waals surface area contributed by atoms with Crippen molar-refractivity contribution in [2.45, 2.75) is 6.54 Å². The van der Waals surface area contributed by atoms with E-state index in [1.54, 1.807) is 41.2 Å². The summed E-state index contributed by atoms with van der Waals surface area (Å²) in [6.45, 7) is 0.445. The van der Waals surface area contributed by atoms with E-state index in [-0.39, 0.29) is 17.0 Å². The molecule has 5 nitrogen and oxygen atoms in total. The lowest BCUT2D eigenvalue weighted by Gasteiger charge is -2.03. The van der Waals surface area contributed by atoms with E-state index in [1.807, 2.05) is 12.1 Å². The first-order valence-electron chi connectivity index (χ1n) is 5.74. The highest BCUT2D eigenvalue weighted by molar-refractivity contribution is 5.94. The molecule has 20 heavy (non-hydrogen) atoms. The molecule has 2 rings (SSSR count). The van der Waals surface area contributed by atoms with E-state index in [4.69, 9.17) is 11.5 Å². The Balaban J connectivity index is 0.00000200. The fourth-order valence-corrected chi connectivity index (χ4v) is 1.86. The van der Waals surface area contributed by atoms with Crippen LogP contribution >= 0.6 is 0 Å². The van der Waals surface area contributed by atoms with Gasteiger partial charge in [0.1, 0.15) is 5.56 Å². The van der Waals surface area contributed by atoms with Gasteiger partial charge in [-0.1, -0.05) is 18.2 Å². The molecule has 0 spiro atoms. The van der Waals surface area contributed by atoms with Crippen LogP contribution in [0.5, 0.6) is 0 Å². The number of aromatic nitrogens is 1. The number of nitrogens with zero attached hydrogens (tertiary/aromatic N) is 1. The van der Waals surface area contributed by atoms with Crippen molar-refractivity contribution in [2.75, 3.05) is 0 Å². The fraction of sp³-hybridized carbons (Fsp3) is 0.0714. The molecule has 0 radical (unpaired) electrons. The Hall–Kier alpha value is -2.21. The number of nitrogens with two attached hydrogens (primary N) is 2. The third-order valence-corrected chi connectivity index (χ3v) is 2.78. The van der Waals surface area contributed by atoms with Crippen LogP contribution in [0, 0.1) is 0 Å². The second-order valence-electron chi connectivity index (χ2n) is 4.15. The molecule has 1 heterocycles. The molecule has 4 N–H and O–H groups in total. The SMILES string of the molecule is NC(=O)c1ccc[n+](Cc2ccccc2C(N)=O)c1.[Br-]. The maximum absolute atomic E-state index is 11.3. The lowest BCUT2D eigenvalue weighted by Crippen LogP contribution is -3.00. The van der Waals surface area contributed by atoms with Crippen molar-refractivity contribution in [3.8, 4) is 0 Å². The highest BCUT2D eigenvalue weighted by atomic mass is 79.9. The van der Waals surface area contributed by atoms with Crippen LogP contribution in [-0.4, -0.2) is 11.8 Å². The number of amides is 2. The zero-order chi connectivity index (χ0) is 13.8. The Labute approximate surface area is 127 Å². The second kappa shape index (κ2) is 6.81. The van der Waals surface area contributed by atoms with Crippen molar-refractivity contribution in [1.29, 1.82) is 0 Å². The number of benzene rings is 1. The molecule has 0 unspecified atom stereocenters. The van der Waals surface area contributed by atoms with Crippen LogP contribution in [0.4, 0.5) is 0 Å². The maximum Gasteiger partial charge on any atom is 0.254 e. The number of pyridine rings is 1. The molecule has 6 heteroatoms. The van der Waals surface area contributed by atoms with Gasteiger partial charge in [0.15, 0.2) is 18.9 Å². The molecule has 1 aromatic heterocycles. The number of carbonyl (C=O) groups excluding carboxylic acids is 2. The van der Waals surface area contributed by atoms with Crippen molar-refractivity contribution in [3.05, 3.63) is 65.5 Å². The summed E-state index contributed by atoms with van der Waals surface area (Å²) < 4.78 is 1.78. The average Bonchev–Trinajstić information content (AvgIpc) is 2.39. The van der Waals surface area contributed by atoms with Gasteiger partial charge in [-0.2, -0.15) is 4.57 Å². The Morgan fingerprint density at radius 3 is 2.35 bits per heavy atom. The summed E-state index contributed by atoms with van der Waals surface area (Å²) in [5.74, 6) is -0.959. The topological polar surface area (TPSA) is 90.1 Å². The summed E-state index contributed by atoms with van der Waals surface area (Å²) in [7, 11) is 0. The molecule has 0 fully saturated rings. The van der Waals surface area contributed by atoms with Crippen LogP contribution in [0.25, 0.3) is 0 Å². The first-order chi connectivity index (χ1) is 9.08. The molecule has 0 atom stereocenters. The lowest BCUT2D eigenvalue weighted by molar-refractivity contribution is -0.688. The number of halogens is 1. The molecule has 2 aromatic rings. The van der Waals surface area contributed by atoms with Crippen LogP contribution in [-0.2, 0) is 6.54 Å². The molecule has 0 bridgehead atoms. The smallest absolute Gasteiger partial charge is 0.254 e. The fourth-order valence-electron chi connectivity index (χ4n) is 1.86. The highest BCUT2D eigenvalue weighted by Gasteiger charge is 2.12. The summed E-state index contributed by atoms with van der Waals surface area (Å²) >= 11 is 0. The predicted octanol–water partition coefficient (Wildman–Crippen LogP) is -2.78. The summed E-state index contributed by atoms with van der Waals surface area (Å²) in [4.78, 5) is 22.4. The van der Waals surface area contributed by atoms with Crippen molar-refractivity contribution in [1.82, 2.24) is 0 Å². The largest absolute Gasteiger partial charge is 1.00 e. The summed E-state index contributed by atoms with van der Waals surface area (Å²) in [5, 5.41) is 0. The zero-order valence-electron chi connectivity index (χ0n) is 10.6. The maximum atomic E-state index is 11.3. The first kappa shape index (κ1) is 15.8. The van der Waals surface area contributed by atoms with Gasteiger partial charge >= 0.3 is 0 Å². The predicted molar refractivity (Wildman–Crippen MR) is 69.2 cm³/mol. The molecular formula is C14H14BrN3O2. The number of hydrogen-bond acceptors (Lipinski definition) is 2. The molecule has 104 valence electrons. The number of rotatable bonds is 4. The van der Waals surface area contributed by atoms with Gasteiger partial charge in [0.25, 0.3) is 5.91 Å². The minimum absolute atomic E-state index is 0. The lowest BCUT2D eigenvalue weighted by atomic mass is 10.1. The molecule has 0 saturated carbocycles.